The van der Waals surface area contributed by atoms with Crippen LogP contribution in [0, 0.1) is 24.9 Å². The Hall–Kier alpha value is -5.13. The van der Waals surface area contributed by atoms with E-state index in [1.165, 1.54) is 6.20 Å². The molecule has 1 aliphatic carbocycles. The minimum absolute atomic E-state index is 0. The first-order valence-corrected chi connectivity index (χ1v) is 23.7. The average molecular weight is 973 g/mol. The van der Waals surface area contributed by atoms with Crippen molar-refractivity contribution >= 4 is 57.1 Å². The van der Waals surface area contributed by atoms with Crippen molar-refractivity contribution < 1.29 is 37.2 Å². The second-order valence-corrected chi connectivity index (χ2v) is 21.6. The normalized spacial score (nSPS) is 15.5. The maximum absolute atomic E-state index is 9.12. The van der Waals surface area contributed by atoms with Gasteiger partial charge in [-0.15, -0.1) is 36.4 Å². The van der Waals surface area contributed by atoms with Crippen LogP contribution in [0.15, 0.2) is 130 Å². The summed E-state index contributed by atoms with van der Waals surface area (Å²) in [7, 11) is -1.78. The second kappa shape index (κ2) is 16.9. The third-order valence-corrected chi connectivity index (χ3v) is 13.3. The van der Waals surface area contributed by atoms with Crippen LogP contribution in [-0.4, -0.2) is 18.0 Å². The van der Waals surface area contributed by atoms with Crippen LogP contribution in [0.25, 0.3) is 77.5 Å². The van der Waals surface area contributed by atoms with Gasteiger partial charge in [0.15, 0.2) is 0 Å². The molecule has 0 amide bonds. The molecule has 1 fully saturated rings. The zero-order valence-corrected chi connectivity index (χ0v) is 37.4. The van der Waals surface area contributed by atoms with Gasteiger partial charge in [-0.05, 0) is 76.0 Å². The third kappa shape index (κ3) is 8.11. The summed E-state index contributed by atoms with van der Waals surface area (Å²) >= 11 is 0. The van der Waals surface area contributed by atoms with E-state index < -0.39 is 27.2 Å². The van der Waals surface area contributed by atoms with Crippen LogP contribution < -0.4 is 5.19 Å². The van der Waals surface area contributed by atoms with Crippen molar-refractivity contribution in [3.63, 3.8) is 0 Å². The van der Waals surface area contributed by atoms with Crippen molar-refractivity contribution in [2.45, 2.75) is 78.3 Å². The fourth-order valence-electron chi connectivity index (χ4n) is 8.17. The first-order valence-electron chi connectivity index (χ1n) is 23.2. The summed E-state index contributed by atoms with van der Waals surface area (Å²) in [6.45, 7) is 8.21. The van der Waals surface area contributed by atoms with Gasteiger partial charge in [0.1, 0.15) is 11.2 Å². The molecular formula is C53H50IrN2O2Si-2. The van der Waals surface area contributed by atoms with Gasteiger partial charge in [-0.3, -0.25) is 0 Å². The molecular weight excluding hydrogens is 917 g/mol. The molecule has 6 heteroatoms. The molecule has 9 aromatic rings. The molecule has 0 saturated heterocycles. The molecule has 0 aliphatic heterocycles. The summed E-state index contributed by atoms with van der Waals surface area (Å²) in [5.41, 5.74) is 9.08. The number of aryl methyl sites for hydroxylation is 1. The van der Waals surface area contributed by atoms with Crippen molar-refractivity contribution in [2.24, 2.45) is 5.92 Å². The monoisotopic (exact) mass is 973 g/mol. The van der Waals surface area contributed by atoms with Gasteiger partial charge in [0.05, 0.1) is 19.2 Å². The maximum atomic E-state index is 9.12. The van der Waals surface area contributed by atoms with E-state index in [0.717, 1.165) is 91.5 Å². The van der Waals surface area contributed by atoms with Crippen molar-refractivity contribution in [1.82, 2.24) is 9.97 Å². The Kier molecular flexibility index (Phi) is 9.62. The van der Waals surface area contributed by atoms with Gasteiger partial charge in [-0.25, -0.2) is 0 Å². The van der Waals surface area contributed by atoms with E-state index in [1.807, 2.05) is 117 Å². The van der Waals surface area contributed by atoms with Crippen LogP contribution in [-0.2, 0) is 26.5 Å². The van der Waals surface area contributed by atoms with Crippen molar-refractivity contribution in [3.05, 3.63) is 150 Å². The molecule has 0 atom stereocenters. The number of hydrogen-bond donors (Lipinski definition) is 0. The first kappa shape index (κ1) is 33.7. The fourth-order valence-corrected chi connectivity index (χ4v) is 9.58. The van der Waals surface area contributed by atoms with Crippen LogP contribution in [0.2, 0.25) is 19.6 Å². The first-order chi connectivity index (χ1) is 30.4. The number of fused-ring (bicyclic) bond motifs is 6. The molecule has 4 heterocycles. The van der Waals surface area contributed by atoms with E-state index in [0.29, 0.717) is 28.0 Å². The Bertz CT molecular complexity index is 3180. The number of aromatic nitrogens is 2. The number of furan rings is 2. The maximum Gasteiger partial charge on any atom is 0.121 e. The Balaban J connectivity index is 0.000000175. The summed E-state index contributed by atoms with van der Waals surface area (Å²) in [5.74, 6) is -0.664. The number of hydrogen-bond acceptors (Lipinski definition) is 4. The van der Waals surface area contributed by atoms with Crippen molar-refractivity contribution in [1.29, 1.82) is 0 Å². The number of pyridine rings is 2. The summed E-state index contributed by atoms with van der Waals surface area (Å²) < 4.78 is 62.9. The predicted octanol–water partition coefficient (Wildman–Crippen LogP) is 14.3. The molecule has 0 unspecified atom stereocenters. The van der Waals surface area contributed by atoms with Crippen molar-refractivity contribution in [2.75, 3.05) is 0 Å². The van der Waals surface area contributed by atoms with Gasteiger partial charge in [0.25, 0.3) is 0 Å². The van der Waals surface area contributed by atoms with E-state index in [-0.39, 0.29) is 31.6 Å². The summed E-state index contributed by atoms with van der Waals surface area (Å²) in [6, 6.07) is 41.4. The molecule has 1 radical (unpaired) electrons. The number of rotatable bonds is 7. The van der Waals surface area contributed by atoms with Crippen LogP contribution >= 0.6 is 0 Å². The zero-order chi connectivity index (χ0) is 45.2. The second-order valence-electron chi connectivity index (χ2n) is 16.6. The standard InChI is InChI=1S/C27H22NO.C26H28NOSi.Ir/c1-17(2)20-12-13-21-22-10-7-11-23(27(22)29-26(21)14-20)25-15-24(18(3)16-28-25)19-8-5-4-6-9-19;1-29(2,3)25-17-27-23(16-19(25)15-18-9-4-5-10-18)22-13-8-12-21-20-11-6-7-14-24(20)28-26(21)22;/h4-10,12-17H,1-3H3;6-8,11-12,14,16-18H,4-5,9-10,15H2,1-3H3;/q2*-1;/i3D3,17D;15D2;. The van der Waals surface area contributed by atoms with Gasteiger partial charge in [-0.2, -0.15) is 0 Å². The van der Waals surface area contributed by atoms with Crippen LogP contribution in [0.4, 0.5) is 0 Å². The van der Waals surface area contributed by atoms with Gasteiger partial charge >= 0.3 is 0 Å². The van der Waals surface area contributed by atoms with Gasteiger partial charge in [0, 0.05) is 51.5 Å². The molecule has 0 N–H and O–H groups in total. The number of nitrogens with zero attached hydrogens (tertiary/aromatic N) is 2. The molecule has 4 aromatic heterocycles. The summed E-state index contributed by atoms with van der Waals surface area (Å²) in [5, 5.41) is 5.12. The predicted molar refractivity (Wildman–Crippen MR) is 244 cm³/mol. The smallest absolute Gasteiger partial charge is 0.121 e. The number of benzene rings is 5. The minimum Gasteiger partial charge on any atom is -0.501 e. The SMILES string of the molecule is [2H]C([2H])([2H])c1cnc(-c2[c-]ccc3c2oc2cc(C([2H])(C)C)ccc23)cc1-c1ccccc1.[2H]C([2H])(c1cc(-c2[c-]ccc3c2oc2ccccc23)ncc1[Si](C)(C)C)C1CCCC1.[Ir]. The molecule has 10 rings (SSSR count). The third-order valence-electron chi connectivity index (χ3n) is 11.3. The average Bonchev–Trinajstić information content (AvgIpc) is 4.04. The molecule has 0 spiro atoms. The quantitative estimate of drug-likeness (QED) is 0.118. The summed E-state index contributed by atoms with van der Waals surface area (Å²) in [6.07, 6.45) is 6.17. The van der Waals surface area contributed by atoms with E-state index in [4.69, 9.17) is 22.0 Å². The Morgan fingerprint density at radius 2 is 1.37 bits per heavy atom. The fraction of sp³-hybridized carbons (Fsp3) is 0.245. The van der Waals surface area contributed by atoms with Crippen LogP contribution in [0.3, 0.4) is 0 Å². The van der Waals surface area contributed by atoms with Gasteiger partial charge < -0.3 is 18.8 Å². The van der Waals surface area contributed by atoms with Gasteiger partial charge in [0.2, 0.25) is 0 Å². The zero-order valence-electron chi connectivity index (χ0n) is 40.0. The number of para-hydroxylation sites is 1. The van der Waals surface area contributed by atoms with E-state index in [1.54, 1.807) is 6.07 Å². The molecule has 299 valence electrons. The molecule has 5 aromatic carbocycles. The topological polar surface area (TPSA) is 52.1 Å². The van der Waals surface area contributed by atoms with E-state index in [2.05, 4.69) is 42.8 Å². The molecule has 4 nitrogen and oxygen atoms in total. The van der Waals surface area contributed by atoms with Crippen molar-refractivity contribution in [3.8, 4) is 33.6 Å². The van der Waals surface area contributed by atoms with Crippen LogP contribution in [0.5, 0.6) is 0 Å². The molecule has 0 bridgehead atoms. The minimum atomic E-state index is -2.29. The molecule has 1 aliphatic rings. The van der Waals surface area contributed by atoms with E-state index in [9.17, 15) is 0 Å². The largest absolute Gasteiger partial charge is 0.501 e. The van der Waals surface area contributed by atoms with Gasteiger partial charge in [-0.1, -0.05) is 159 Å². The Morgan fingerprint density at radius 3 is 2.05 bits per heavy atom. The Labute approximate surface area is 370 Å². The van der Waals surface area contributed by atoms with Crippen LogP contribution in [0.1, 0.15) is 70.3 Å². The summed E-state index contributed by atoms with van der Waals surface area (Å²) in [4.78, 5) is 9.31. The Morgan fingerprint density at radius 1 is 0.746 bits per heavy atom. The molecule has 1 saturated carbocycles. The van der Waals surface area contributed by atoms with E-state index >= 15 is 0 Å². The molecule has 59 heavy (non-hydrogen) atoms.